The average molecular weight is 1450 g/mol. The van der Waals surface area contributed by atoms with Crippen LogP contribution in [0.15, 0.2) is 103 Å². The number of ether oxygens (including phenoxy) is 9. The summed E-state index contributed by atoms with van der Waals surface area (Å²) in [5, 5.41) is 107. The van der Waals surface area contributed by atoms with Gasteiger partial charge in [0.15, 0.2) is 12.6 Å². The summed E-state index contributed by atoms with van der Waals surface area (Å²) in [7, 11) is 0. The van der Waals surface area contributed by atoms with Crippen molar-refractivity contribution >= 4 is 17.8 Å². The molecule has 0 radical (unpaired) electrons. The molecule has 3 heterocycles. The van der Waals surface area contributed by atoms with Gasteiger partial charge < -0.3 is 99.2 Å². The van der Waals surface area contributed by atoms with Crippen molar-refractivity contribution in [2.75, 3.05) is 26.4 Å². The molecule has 3 aromatic rings. The second kappa shape index (κ2) is 49.9. The van der Waals surface area contributed by atoms with Crippen molar-refractivity contribution in [3.8, 4) is 0 Å². The van der Waals surface area contributed by atoms with Gasteiger partial charge in [-0.05, 0) is 36.0 Å². The third-order valence-electron chi connectivity index (χ3n) is 19.7. The second-order valence-electron chi connectivity index (χ2n) is 28.3. The molecule has 3 fully saturated rings. The summed E-state index contributed by atoms with van der Waals surface area (Å²) in [6.45, 7) is 3.15. The van der Waals surface area contributed by atoms with Crippen molar-refractivity contribution < 1.29 is 103 Å². The molecule has 11 N–H and O–H groups in total. The molecule has 0 aliphatic carbocycles. The number of carboxylic acids is 1. The van der Waals surface area contributed by atoms with Gasteiger partial charge in [0.05, 0.1) is 70.5 Å². The molecule has 0 saturated carbocycles. The van der Waals surface area contributed by atoms with Crippen LogP contribution in [0.2, 0.25) is 0 Å². The van der Waals surface area contributed by atoms with E-state index in [9.17, 15) is 60.3 Å². The van der Waals surface area contributed by atoms with E-state index < -0.39 is 141 Å². The first-order valence-corrected chi connectivity index (χ1v) is 38.7. The zero-order valence-electron chi connectivity index (χ0n) is 61.5. The molecule has 18 atom stereocenters. The number of nitrogens with one attached hydrogen (secondary N) is 2. The molecule has 3 aliphatic rings. The predicted molar refractivity (Wildman–Crippen MR) is 389 cm³/mol. The fraction of sp³-hybridized carbons (Fsp3) is 0.713. The molecule has 23 heteroatoms. The van der Waals surface area contributed by atoms with Gasteiger partial charge in [0.25, 0.3) is 5.79 Å². The average Bonchev–Trinajstić information content (AvgIpc) is 0.755. The topological polar surface area (TPSA) is 340 Å². The number of aliphatic hydroxyl groups excluding tert-OH is 8. The molecule has 582 valence electrons. The Kier molecular flexibility index (Phi) is 42.2. The Morgan fingerprint density at radius 3 is 1.60 bits per heavy atom. The minimum Gasteiger partial charge on any atom is -0.477 e. The number of allylic oxidation sites excluding steroid dienone is 1. The Morgan fingerprint density at radius 1 is 0.592 bits per heavy atom. The lowest BCUT2D eigenvalue weighted by atomic mass is 9.88. The van der Waals surface area contributed by atoms with E-state index in [1.165, 1.54) is 122 Å². The normalized spacial score (nSPS) is 26.4. The molecule has 0 unspecified atom stereocenters. The summed E-state index contributed by atoms with van der Waals surface area (Å²) in [5.74, 6) is -5.96. The maximum absolute atomic E-state index is 14.3. The number of carboxylic acid groups (broad SMARTS) is 1. The first-order valence-electron chi connectivity index (χ1n) is 38.7. The molecule has 2 amide bonds. The van der Waals surface area contributed by atoms with Gasteiger partial charge in [-0.3, -0.25) is 9.59 Å². The van der Waals surface area contributed by atoms with Gasteiger partial charge in [0, 0.05) is 19.8 Å². The van der Waals surface area contributed by atoms with E-state index in [1.807, 2.05) is 72.8 Å². The smallest absolute Gasteiger partial charge is 0.364 e. The zero-order chi connectivity index (χ0) is 74.0. The van der Waals surface area contributed by atoms with Gasteiger partial charge in [0.2, 0.25) is 11.8 Å². The lowest BCUT2D eigenvalue weighted by Gasteiger charge is -2.51. The Bertz CT molecular complexity index is 2740. The predicted octanol–water partition coefficient (Wildman–Crippen LogP) is 9.84. The Balaban J connectivity index is 1.27. The third-order valence-corrected chi connectivity index (χ3v) is 19.7. The zero-order valence-corrected chi connectivity index (χ0v) is 61.5. The third kappa shape index (κ3) is 30.7. The molecule has 0 spiro atoms. The number of carbonyl (C=O) groups is 3. The van der Waals surface area contributed by atoms with Crippen LogP contribution in [0.25, 0.3) is 0 Å². The standard InChI is InChI=1S/C80H126N2O21/c1-4-6-8-10-12-14-16-18-19-21-23-25-27-29-40-48-67(88)82-61(64(96-53-59-43-35-31-36-44-59)47-39-28-26-24-22-20-17-15-13-11-9-7-5-2)55-98-77-72(92)76(97-54-60-45-37-32-38-46-60)73(66(100-77)56-95-52-58-41-33-30-34-42-58)101-78-71(91)75(70(90)65(51-84)99-78)103-80(79(93)94)49-62(86)68(81-57(3)85)74(102-80)69(89)63(87)50-83/h30-39,41-47,61-66,68-78,83-84,86-87,89-92H,4-29,40,48-56H2,1-3H3,(H,81,85)(H,82,88)(H,93,94)/b47-39+/t61-,62-,63+,64+,65+,66+,68+,69+,70-,71+,72+,73+,74+,75-,76+,77+,78-,80-/m0/s1. The van der Waals surface area contributed by atoms with Crippen LogP contribution in [0.4, 0.5) is 0 Å². The monoisotopic (exact) mass is 1450 g/mol. The van der Waals surface area contributed by atoms with E-state index in [0.29, 0.717) is 12.0 Å². The van der Waals surface area contributed by atoms with Crippen molar-refractivity contribution in [1.82, 2.24) is 10.6 Å². The summed E-state index contributed by atoms with van der Waals surface area (Å²) in [6.07, 6.45) is 8.93. The van der Waals surface area contributed by atoms with Crippen LogP contribution in [0, 0.1) is 0 Å². The van der Waals surface area contributed by atoms with Gasteiger partial charge >= 0.3 is 5.97 Å². The molecule has 3 aromatic carbocycles. The van der Waals surface area contributed by atoms with Crippen molar-refractivity contribution in [3.63, 3.8) is 0 Å². The highest BCUT2D eigenvalue weighted by Crippen LogP contribution is 2.39. The molecule has 6 rings (SSSR count). The van der Waals surface area contributed by atoms with E-state index in [-0.39, 0.29) is 45.4 Å². The molecular weight excluding hydrogens is 1320 g/mol. The summed E-state index contributed by atoms with van der Waals surface area (Å²) in [5.41, 5.74) is 2.38. The minimum absolute atomic E-state index is 0.0602. The highest BCUT2D eigenvalue weighted by molar-refractivity contribution is 5.77. The van der Waals surface area contributed by atoms with Crippen LogP contribution < -0.4 is 10.6 Å². The van der Waals surface area contributed by atoms with E-state index in [0.717, 1.165) is 63.0 Å². The quantitative estimate of drug-likeness (QED) is 0.0185. The number of amides is 2. The number of hydrogen-bond acceptors (Lipinski definition) is 20. The largest absolute Gasteiger partial charge is 0.477 e. The van der Waals surface area contributed by atoms with Gasteiger partial charge in [-0.25, -0.2) is 4.79 Å². The Morgan fingerprint density at radius 2 is 1.09 bits per heavy atom. The van der Waals surface area contributed by atoms with Crippen molar-refractivity contribution in [2.24, 2.45) is 0 Å². The number of aliphatic hydroxyl groups is 8. The summed E-state index contributed by atoms with van der Waals surface area (Å²) < 4.78 is 57.9. The van der Waals surface area contributed by atoms with Crippen LogP contribution in [0.1, 0.15) is 224 Å². The highest BCUT2D eigenvalue weighted by Gasteiger charge is 2.60. The second-order valence-corrected chi connectivity index (χ2v) is 28.3. The minimum atomic E-state index is -3.08. The van der Waals surface area contributed by atoms with Crippen LogP contribution in [-0.2, 0) is 76.8 Å². The maximum Gasteiger partial charge on any atom is 0.364 e. The van der Waals surface area contributed by atoms with E-state index in [1.54, 1.807) is 24.3 Å². The van der Waals surface area contributed by atoms with E-state index >= 15 is 0 Å². The fourth-order valence-electron chi connectivity index (χ4n) is 13.7. The van der Waals surface area contributed by atoms with Crippen LogP contribution >= 0.6 is 0 Å². The first kappa shape index (κ1) is 87.0. The number of rotatable bonds is 54. The molecule has 3 aliphatic heterocycles. The summed E-state index contributed by atoms with van der Waals surface area (Å²) >= 11 is 0. The highest BCUT2D eigenvalue weighted by atomic mass is 16.8. The maximum atomic E-state index is 14.3. The number of carbonyl (C=O) groups excluding carboxylic acids is 2. The van der Waals surface area contributed by atoms with E-state index in [4.69, 9.17) is 42.6 Å². The van der Waals surface area contributed by atoms with Gasteiger partial charge in [0.1, 0.15) is 67.1 Å². The Hall–Kier alpha value is -4.87. The Labute approximate surface area is 611 Å². The number of unbranched alkanes of at least 4 members (excludes halogenated alkanes) is 25. The fourth-order valence-corrected chi connectivity index (χ4v) is 13.7. The molecule has 23 nitrogen and oxygen atoms in total. The van der Waals surface area contributed by atoms with Gasteiger partial charge in [-0.1, -0.05) is 271 Å². The lowest BCUT2D eigenvalue weighted by Crippen LogP contribution is -2.71. The summed E-state index contributed by atoms with van der Waals surface area (Å²) in [4.78, 5) is 40.1. The van der Waals surface area contributed by atoms with Crippen LogP contribution in [0.3, 0.4) is 0 Å². The SMILES string of the molecule is CCCCCCCCCCCCC/C=C/[C@@H](OCc1ccccc1)[C@H](CO[C@@H]1O[C@H](COCc2ccccc2)[C@@H](O[C@@H]2O[C@H](CO)[C@H](O)[C@H](O[C@]3(C(=O)O)C[C@H](O)[C@@H](NC(C)=O)[C@H]([C@H](O)[C@H](O)CO)O3)[C@H]2O)[C@H](OCc2ccccc2)[C@H]1O)NC(=O)CCCCCCCCCCCCCCCCC. The van der Waals surface area contributed by atoms with Crippen LogP contribution in [0.5, 0.6) is 0 Å². The van der Waals surface area contributed by atoms with Crippen LogP contribution in [-0.4, -0.2) is 200 Å². The van der Waals surface area contributed by atoms with Crippen molar-refractivity contribution in [1.29, 1.82) is 0 Å². The lowest BCUT2D eigenvalue weighted by molar-refractivity contribution is -0.388. The molecule has 0 bridgehead atoms. The molecule has 3 saturated heterocycles. The van der Waals surface area contributed by atoms with Gasteiger partial charge in [-0.2, -0.15) is 0 Å². The molecule has 0 aromatic heterocycles. The van der Waals surface area contributed by atoms with Crippen molar-refractivity contribution in [3.05, 3.63) is 120 Å². The number of hydrogen-bond donors (Lipinski definition) is 11. The molecule has 103 heavy (non-hydrogen) atoms. The van der Waals surface area contributed by atoms with Crippen molar-refractivity contribution in [2.45, 2.75) is 337 Å². The first-order chi connectivity index (χ1) is 50.0. The number of benzene rings is 3. The molecular formula is C80H126N2O21. The van der Waals surface area contributed by atoms with E-state index in [2.05, 4.69) is 30.6 Å². The van der Waals surface area contributed by atoms with Gasteiger partial charge in [-0.15, -0.1) is 0 Å². The summed E-state index contributed by atoms with van der Waals surface area (Å²) in [6, 6.07) is 25.6. The number of aliphatic carboxylic acids is 1.